The number of H-pyrrole nitrogens is 1. The van der Waals surface area contributed by atoms with Gasteiger partial charge in [-0.2, -0.15) is 17.6 Å². The molecule has 0 spiro atoms. The summed E-state index contributed by atoms with van der Waals surface area (Å²) < 4.78 is 31.5. The zero-order valence-electron chi connectivity index (χ0n) is 14.8. The number of amides is 1. The molecular weight excluding hydrogens is 380 g/mol. The lowest BCUT2D eigenvalue weighted by molar-refractivity contribution is 0.102. The van der Waals surface area contributed by atoms with Crippen molar-refractivity contribution in [2.75, 3.05) is 12.4 Å². The minimum absolute atomic E-state index is 0.0119. The summed E-state index contributed by atoms with van der Waals surface area (Å²) in [6, 6.07) is 14.6. The second-order valence-electron chi connectivity index (χ2n) is 5.99. The number of methoxy groups -OCH3 is 1. The Balaban J connectivity index is 1.57. The second kappa shape index (κ2) is 6.86. The van der Waals surface area contributed by atoms with Crippen molar-refractivity contribution in [3.05, 3.63) is 72.7 Å². The van der Waals surface area contributed by atoms with E-state index in [9.17, 15) is 13.2 Å². The minimum atomic E-state index is -3.91. The summed E-state index contributed by atoms with van der Waals surface area (Å²) in [5.74, 6) is 0.146. The average molecular weight is 396 g/mol. The maximum absolute atomic E-state index is 12.8. The van der Waals surface area contributed by atoms with Crippen LogP contribution in [0.15, 0.2) is 71.9 Å². The van der Waals surface area contributed by atoms with Crippen molar-refractivity contribution in [2.45, 2.75) is 4.90 Å². The molecule has 0 bridgehead atoms. The Labute approximate surface area is 160 Å². The molecule has 0 saturated carbocycles. The number of fused-ring (bicyclic) bond motifs is 1. The number of nitrogens with one attached hydrogen (secondary N) is 2. The number of carbonyl (C=O) groups is 1. The van der Waals surface area contributed by atoms with Gasteiger partial charge in [-0.3, -0.25) is 4.79 Å². The smallest absolute Gasteiger partial charge is 0.282 e. The van der Waals surface area contributed by atoms with Gasteiger partial charge in [0.15, 0.2) is 5.69 Å². The second-order valence-corrected chi connectivity index (χ2v) is 7.78. The van der Waals surface area contributed by atoms with Gasteiger partial charge >= 0.3 is 0 Å². The highest BCUT2D eigenvalue weighted by atomic mass is 32.2. The largest absolute Gasteiger partial charge is 0.497 e. The van der Waals surface area contributed by atoms with Crippen molar-refractivity contribution in [1.82, 2.24) is 14.2 Å². The first-order chi connectivity index (χ1) is 13.5. The third-order valence-corrected chi connectivity index (χ3v) is 5.76. The maximum Gasteiger partial charge on any atom is 0.282 e. The van der Waals surface area contributed by atoms with Crippen LogP contribution in [0.2, 0.25) is 0 Å². The number of carbonyl (C=O) groups excluding carboxylic acids is 1. The van der Waals surface area contributed by atoms with E-state index < -0.39 is 15.9 Å². The van der Waals surface area contributed by atoms with Crippen molar-refractivity contribution in [3.8, 4) is 5.75 Å². The molecule has 0 aliphatic heterocycles. The molecule has 8 nitrogen and oxygen atoms in total. The molecule has 0 radical (unpaired) electrons. The topological polar surface area (TPSA) is 106 Å². The van der Waals surface area contributed by atoms with Gasteiger partial charge < -0.3 is 15.0 Å². The van der Waals surface area contributed by atoms with Gasteiger partial charge in [0.2, 0.25) is 0 Å². The first-order valence-corrected chi connectivity index (χ1v) is 9.75. The Hall–Kier alpha value is -3.59. The van der Waals surface area contributed by atoms with Crippen LogP contribution in [0, 0.1) is 0 Å². The number of aromatic amines is 1. The third kappa shape index (κ3) is 3.23. The van der Waals surface area contributed by atoms with E-state index >= 15 is 0 Å². The normalized spacial score (nSPS) is 11.5. The molecule has 28 heavy (non-hydrogen) atoms. The molecule has 0 aliphatic carbocycles. The van der Waals surface area contributed by atoms with Crippen LogP contribution in [0.5, 0.6) is 5.75 Å². The monoisotopic (exact) mass is 396 g/mol. The van der Waals surface area contributed by atoms with Gasteiger partial charge in [0, 0.05) is 29.0 Å². The first kappa shape index (κ1) is 17.8. The van der Waals surface area contributed by atoms with E-state index in [-0.39, 0.29) is 10.6 Å². The highest BCUT2D eigenvalue weighted by molar-refractivity contribution is 7.89. The molecule has 0 fully saturated rings. The van der Waals surface area contributed by atoms with E-state index in [0.29, 0.717) is 11.4 Å². The molecular formula is C19H16N4O4S. The molecule has 9 heteroatoms. The summed E-state index contributed by atoms with van der Waals surface area (Å²) >= 11 is 0. The molecule has 2 heterocycles. The van der Waals surface area contributed by atoms with Crippen molar-refractivity contribution < 1.29 is 17.9 Å². The third-order valence-electron chi connectivity index (χ3n) is 4.22. The molecule has 4 rings (SSSR count). The molecule has 0 atom stereocenters. The summed E-state index contributed by atoms with van der Waals surface area (Å²) in [6.45, 7) is 0. The summed E-state index contributed by atoms with van der Waals surface area (Å²) in [4.78, 5) is 15.5. The standard InChI is InChI=1S/C19H16N4O4S/c1-27-15-4-2-14(3-5-15)21-19(24)18-9-11-23(22-18)28(25,26)16-6-7-17-13(12-16)8-10-20-17/h2-12,20H,1H3,(H,21,24). The number of anilines is 1. The number of aromatic nitrogens is 3. The van der Waals surface area contributed by atoms with E-state index in [2.05, 4.69) is 15.4 Å². The molecule has 2 aromatic heterocycles. The summed E-state index contributed by atoms with van der Waals surface area (Å²) in [6.07, 6.45) is 2.98. The molecule has 0 saturated heterocycles. The zero-order chi connectivity index (χ0) is 19.7. The van der Waals surface area contributed by atoms with E-state index in [1.54, 1.807) is 55.8 Å². The van der Waals surface area contributed by atoms with Crippen molar-refractivity contribution >= 4 is 32.5 Å². The summed E-state index contributed by atoms with van der Waals surface area (Å²) in [7, 11) is -2.36. The fraction of sp³-hybridized carbons (Fsp3) is 0.0526. The van der Waals surface area contributed by atoms with Crippen molar-refractivity contribution in [3.63, 3.8) is 0 Å². The quantitative estimate of drug-likeness (QED) is 0.540. The molecule has 1 amide bonds. The van der Waals surface area contributed by atoms with Crippen molar-refractivity contribution in [1.29, 1.82) is 0 Å². The SMILES string of the molecule is COc1ccc(NC(=O)c2ccn(S(=O)(=O)c3ccc4[nH]ccc4c3)n2)cc1. The Kier molecular flexibility index (Phi) is 4.36. The predicted molar refractivity (Wildman–Crippen MR) is 104 cm³/mol. The van der Waals surface area contributed by atoms with Gasteiger partial charge in [-0.25, -0.2) is 0 Å². The van der Waals surface area contributed by atoms with Gasteiger partial charge in [0.1, 0.15) is 5.75 Å². The van der Waals surface area contributed by atoms with Gasteiger partial charge in [0.25, 0.3) is 15.9 Å². The Morgan fingerprint density at radius 1 is 1.11 bits per heavy atom. The van der Waals surface area contributed by atoms with Crippen LogP contribution in [-0.4, -0.2) is 35.6 Å². The number of ether oxygens (including phenoxy) is 1. The number of benzene rings is 2. The molecule has 0 aliphatic rings. The fourth-order valence-corrected chi connectivity index (χ4v) is 3.88. The lowest BCUT2D eigenvalue weighted by atomic mass is 10.2. The van der Waals surface area contributed by atoms with E-state index in [1.807, 2.05) is 0 Å². The van der Waals surface area contributed by atoms with Crippen LogP contribution in [-0.2, 0) is 10.0 Å². The molecule has 0 unspecified atom stereocenters. The van der Waals surface area contributed by atoms with Crippen LogP contribution in [0.1, 0.15) is 10.5 Å². The molecule has 2 N–H and O–H groups in total. The van der Waals surface area contributed by atoms with E-state index in [1.165, 1.54) is 18.3 Å². The average Bonchev–Trinajstić information content (AvgIpc) is 3.38. The summed E-state index contributed by atoms with van der Waals surface area (Å²) in [5, 5.41) is 7.37. The lowest BCUT2D eigenvalue weighted by Crippen LogP contribution is -2.17. The van der Waals surface area contributed by atoms with Crippen LogP contribution in [0.4, 0.5) is 5.69 Å². The molecule has 142 valence electrons. The number of hydrogen-bond donors (Lipinski definition) is 2. The zero-order valence-corrected chi connectivity index (χ0v) is 15.6. The Morgan fingerprint density at radius 2 is 1.89 bits per heavy atom. The van der Waals surface area contributed by atoms with Crippen LogP contribution in [0.25, 0.3) is 10.9 Å². The van der Waals surface area contributed by atoms with Gasteiger partial charge in [0.05, 0.1) is 12.0 Å². The van der Waals surface area contributed by atoms with Crippen molar-refractivity contribution in [2.24, 2.45) is 0 Å². The Morgan fingerprint density at radius 3 is 2.64 bits per heavy atom. The minimum Gasteiger partial charge on any atom is -0.497 e. The van der Waals surface area contributed by atoms with Gasteiger partial charge in [-0.1, -0.05) is 0 Å². The van der Waals surface area contributed by atoms with Crippen LogP contribution < -0.4 is 10.1 Å². The highest BCUT2D eigenvalue weighted by Gasteiger charge is 2.20. The van der Waals surface area contributed by atoms with Gasteiger partial charge in [-0.05, 0) is 54.6 Å². The van der Waals surface area contributed by atoms with E-state index in [0.717, 1.165) is 15.0 Å². The number of rotatable bonds is 5. The fourth-order valence-electron chi connectivity index (χ4n) is 2.73. The van der Waals surface area contributed by atoms with E-state index in [4.69, 9.17) is 4.74 Å². The number of hydrogen-bond acceptors (Lipinski definition) is 5. The van der Waals surface area contributed by atoms with Crippen LogP contribution >= 0.6 is 0 Å². The predicted octanol–water partition coefficient (Wildman–Crippen LogP) is 2.86. The first-order valence-electron chi connectivity index (χ1n) is 8.31. The maximum atomic E-state index is 12.8. The number of nitrogens with zero attached hydrogens (tertiary/aromatic N) is 2. The lowest BCUT2D eigenvalue weighted by Gasteiger charge is -2.06. The summed E-state index contributed by atoms with van der Waals surface area (Å²) in [5.41, 5.74) is 1.36. The Bertz CT molecular complexity index is 1260. The molecule has 4 aromatic rings. The molecule has 2 aromatic carbocycles. The van der Waals surface area contributed by atoms with Crippen LogP contribution in [0.3, 0.4) is 0 Å². The highest BCUT2D eigenvalue weighted by Crippen LogP contribution is 2.20. The van der Waals surface area contributed by atoms with Gasteiger partial charge in [-0.15, -0.1) is 0 Å².